The minimum absolute atomic E-state index is 0.0602. The second kappa shape index (κ2) is 12.2. The number of fused-ring (bicyclic) bond motifs is 1. The molecular weight excluding hydrogens is 559 g/mol. The second-order valence-corrected chi connectivity index (χ2v) is 10.5. The number of alkyl halides is 3. The number of ether oxygens (including phenoxy) is 1. The number of thiazole rings is 1. The van der Waals surface area contributed by atoms with Gasteiger partial charge in [0.15, 0.2) is 0 Å². The molecule has 14 heteroatoms. The molecule has 0 unspecified atom stereocenters. The highest BCUT2D eigenvalue weighted by molar-refractivity contribution is 7.90. The predicted molar refractivity (Wildman–Crippen MR) is 137 cm³/mol. The maximum atomic E-state index is 13.1. The van der Waals surface area contributed by atoms with E-state index in [4.69, 9.17) is 20.4 Å². The Labute approximate surface area is 224 Å². The molecule has 4 rings (SSSR count). The Morgan fingerprint density at radius 1 is 1.05 bits per heavy atom. The van der Waals surface area contributed by atoms with E-state index < -0.39 is 28.1 Å². The standard InChI is InChI=1S/C23H21N3O4S2.C2HF3O2/c1-30-22(27)20-11-4-5-12-21(20)32(28,29)25-23-26(15-18(13-24)31-23)14-17-9-6-8-16-7-2-3-10-19(16)17;3-2(4,5)1(6)7/h2-12,15H,13-14,24H2,1H3;(H,6,7). The number of halogens is 3. The van der Waals surface area contributed by atoms with Gasteiger partial charge in [-0.05, 0) is 28.5 Å². The fourth-order valence-corrected chi connectivity index (χ4v) is 5.71. The second-order valence-electron chi connectivity index (χ2n) is 7.81. The number of carbonyl (C=O) groups is 2. The zero-order valence-electron chi connectivity index (χ0n) is 20.3. The van der Waals surface area contributed by atoms with E-state index in [0.717, 1.165) is 21.2 Å². The molecule has 0 saturated heterocycles. The van der Waals surface area contributed by atoms with Crippen LogP contribution in [0.1, 0.15) is 20.8 Å². The highest BCUT2D eigenvalue weighted by atomic mass is 32.2. The van der Waals surface area contributed by atoms with E-state index in [-0.39, 0.29) is 21.8 Å². The summed E-state index contributed by atoms with van der Waals surface area (Å²) in [6.07, 6.45) is -3.27. The Balaban J connectivity index is 0.000000532. The molecule has 0 amide bonds. The zero-order chi connectivity index (χ0) is 28.8. The van der Waals surface area contributed by atoms with E-state index in [9.17, 15) is 26.4 Å². The van der Waals surface area contributed by atoms with Crippen molar-refractivity contribution in [1.82, 2.24) is 4.57 Å². The molecule has 206 valence electrons. The number of carbonyl (C=O) groups excluding carboxylic acids is 1. The van der Waals surface area contributed by atoms with Crippen molar-refractivity contribution in [2.24, 2.45) is 10.1 Å². The quantitative estimate of drug-likeness (QED) is 0.329. The van der Waals surface area contributed by atoms with Crippen LogP contribution in [0, 0.1) is 0 Å². The number of sulfonamides is 1. The Bertz CT molecular complexity index is 1670. The van der Waals surface area contributed by atoms with Crippen LogP contribution in [0.3, 0.4) is 0 Å². The van der Waals surface area contributed by atoms with Crippen molar-refractivity contribution in [3.63, 3.8) is 0 Å². The molecule has 3 N–H and O–H groups in total. The molecule has 1 heterocycles. The van der Waals surface area contributed by atoms with Crippen LogP contribution >= 0.6 is 11.3 Å². The number of methoxy groups -OCH3 is 1. The summed E-state index contributed by atoms with van der Waals surface area (Å²) >= 11 is 1.20. The summed E-state index contributed by atoms with van der Waals surface area (Å²) in [6.45, 7) is 0.680. The van der Waals surface area contributed by atoms with Crippen molar-refractivity contribution >= 4 is 44.1 Å². The average molecular weight is 582 g/mol. The fraction of sp³-hybridized carbons (Fsp3) is 0.160. The lowest BCUT2D eigenvalue weighted by Crippen LogP contribution is -2.21. The van der Waals surface area contributed by atoms with Gasteiger partial charge in [0.1, 0.15) is 4.90 Å². The van der Waals surface area contributed by atoms with Crippen molar-refractivity contribution < 1.29 is 41.0 Å². The van der Waals surface area contributed by atoms with Gasteiger partial charge in [-0.2, -0.15) is 21.6 Å². The molecule has 0 bridgehead atoms. The van der Waals surface area contributed by atoms with Crippen LogP contribution in [-0.4, -0.2) is 43.3 Å². The van der Waals surface area contributed by atoms with Gasteiger partial charge in [0, 0.05) is 17.6 Å². The predicted octanol–water partition coefficient (Wildman–Crippen LogP) is 3.92. The molecule has 0 radical (unpaired) electrons. The number of esters is 1. The summed E-state index contributed by atoms with van der Waals surface area (Å²) < 4.78 is 68.6. The SMILES string of the molecule is COC(=O)c1ccccc1S(=O)(=O)N=c1sc(CN)cn1Cc1cccc2ccccc12.O=C(O)C(F)(F)F. The monoisotopic (exact) mass is 581 g/mol. The van der Waals surface area contributed by atoms with Crippen LogP contribution in [0.5, 0.6) is 0 Å². The Kier molecular flexibility index (Phi) is 9.27. The number of carboxylic acids is 1. The van der Waals surface area contributed by atoms with E-state index in [1.54, 1.807) is 16.7 Å². The van der Waals surface area contributed by atoms with Gasteiger partial charge in [-0.25, -0.2) is 9.59 Å². The van der Waals surface area contributed by atoms with Crippen LogP contribution in [0.4, 0.5) is 13.2 Å². The van der Waals surface area contributed by atoms with Gasteiger partial charge in [-0.1, -0.05) is 65.9 Å². The lowest BCUT2D eigenvalue weighted by molar-refractivity contribution is -0.192. The minimum Gasteiger partial charge on any atom is -0.475 e. The topological polar surface area (TPSA) is 141 Å². The van der Waals surface area contributed by atoms with Gasteiger partial charge in [-0.3, -0.25) is 0 Å². The largest absolute Gasteiger partial charge is 0.490 e. The first kappa shape index (κ1) is 29.5. The number of nitrogens with zero attached hydrogens (tertiary/aromatic N) is 2. The van der Waals surface area contributed by atoms with Gasteiger partial charge >= 0.3 is 18.1 Å². The molecule has 0 aliphatic heterocycles. The Morgan fingerprint density at radius 3 is 2.31 bits per heavy atom. The van der Waals surface area contributed by atoms with Crippen molar-refractivity contribution in [3.8, 4) is 0 Å². The molecule has 0 aliphatic rings. The maximum absolute atomic E-state index is 13.1. The molecular formula is C25H22F3N3O6S2. The molecule has 0 saturated carbocycles. The van der Waals surface area contributed by atoms with Gasteiger partial charge in [0.2, 0.25) is 4.80 Å². The summed E-state index contributed by atoms with van der Waals surface area (Å²) in [6, 6.07) is 19.9. The number of benzene rings is 3. The third-order valence-corrected chi connectivity index (χ3v) is 7.68. The molecule has 0 spiro atoms. The number of hydrogen-bond acceptors (Lipinski definition) is 7. The number of rotatable bonds is 6. The molecule has 9 nitrogen and oxygen atoms in total. The molecule has 1 aromatic heterocycles. The van der Waals surface area contributed by atoms with E-state index in [1.165, 1.54) is 30.6 Å². The van der Waals surface area contributed by atoms with Crippen LogP contribution in [0.2, 0.25) is 0 Å². The summed E-state index contributed by atoms with van der Waals surface area (Å²) in [7, 11) is -2.98. The van der Waals surface area contributed by atoms with E-state index >= 15 is 0 Å². The van der Waals surface area contributed by atoms with Crippen LogP contribution in [-0.2, 0) is 32.6 Å². The first-order valence-corrected chi connectivity index (χ1v) is 13.3. The Morgan fingerprint density at radius 2 is 1.67 bits per heavy atom. The lowest BCUT2D eigenvalue weighted by Gasteiger charge is -2.08. The zero-order valence-corrected chi connectivity index (χ0v) is 21.9. The fourth-order valence-electron chi connectivity index (χ4n) is 3.45. The van der Waals surface area contributed by atoms with Crippen LogP contribution < -0.4 is 10.5 Å². The summed E-state index contributed by atoms with van der Waals surface area (Å²) in [4.78, 5) is 21.8. The molecule has 4 aromatic rings. The van der Waals surface area contributed by atoms with Crippen molar-refractivity contribution in [3.05, 3.63) is 93.7 Å². The normalized spacial score (nSPS) is 12.1. The first-order valence-electron chi connectivity index (χ1n) is 11.0. The van der Waals surface area contributed by atoms with E-state index in [0.29, 0.717) is 6.54 Å². The Hall–Kier alpha value is -4.01. The summed E-state index contributed by atoms with van der Waals surface area (Å²) in [5.74, 6) is -3.50. The van der Waals surface area contributed by atoms with Crippen molar-refractivity contribution in [2.75, 3.05) is 7.11 Å². The first-order chi connectivity index (χ1) is 18.4. The van der Waals surface area contributed by atoms with Crippen LogP contribution in [0.25, 0.3) is 10.8 Å². The summed E-state index contributed by atoms with van der Waals surface area (Å²) in [5.41, 5.74) is 6.78. The average Bonchev–Trinajstić information content (AvgIpc) is 3.28. The minimum atomic E-state index is -5.08. The summed E-state index contributed by atoms with van der Waals surface area (Å²) in [5, 5.41) is 9.30. The highest BCUT2D eigenvalue weighted by Gasteiger charge is 2.38. The number of carboxylic acid groups (broad SMARTS) is 1. The van der Waals surface area contributed by atoms with Gasteiger partial charge in [-0.15, -0.1) is 4.40 Å². The van der Waals surface area contributed by atoms with Gasteiger partial charge in [0.25, 0.3) is 10.0 Å². The lowest BCUT2D eigenvalue weighted by atomic mass is 10.0. The van der Waals surface area contributed by atoms with Gasteiger partial charge < -0.3 is 20.1 Å². The highest BCUT2D eigenvalue weighted by Crippen LogP contribution is 2.21. The number of aromatic nitrogens is 1. The maximum Gasteiger partial charge on any atom is 0.490 e. The molecule has 3 aromatic carbocycles. The number of aliphatic carboxylic acids is 1. The molecule has 0 aliphatic carbocycles. The van der Waals surface area contributed by atoms with E-state index in [1.807, 2.05) is 48.7 Å². The molecule has 0 fully saturated rings. The number of nitrogens with two attached hydrogens (primary N) is 1. The van der Waals surface area contributed by atoms with Gasteiger partial charge in [0.05, 0.1) is 19.2 Å². The molecule has 0 atom stereocenters. The van der Waals surface area contributed by atoms with Crippen LogP contribution in [0.15, 0.2) is 82.2 Å². The number of hydrogen-bond donors (Lipinski definition) is 2. The smallest absolute Gasteiger partial charge is 0.475 e. The van der Waals surface area contributed by atoms with Crippen molar-refractivity contribution in [2.45, 2.75) is 24.2 Å². The molecule has 39 heavy (non-hydrogen) atoms. The third-order valence-electron chi connectivity index (χ3n) is 5.20. The van der Waals surface area contributed by atoms with Crippen molar-refractivity contribution in [1.29, 1.82) is 0 Å². The third kappa shape index (κ3) is 7.31. The van der Waals surface area contributed by atoms with E-state index in [2.05, 4.69) is 4.40 Å².